The maximum atomic E-state index is 5.63. The zero-order chi connectivity index (χ0) is 6.85. The maximum absolute atomic E-state index is 5.63. The summed E-state index contributed by atoms with van der Waals surface area (Å²) >= 11 is 16.1. The molecular formula is C6H3Cl2NaS. The van der Waals surface area contributed by atoms with E-state index in [1.807, 2.05) is 0 Å². The van der Waals surface area contributed by atoms with Gasteiger partial charge in [0.15, 0.2) is 0 Å². The first kappa shape index (κ1) is 11.0. The second kappa shape index (κ2) is 4.81. The van der Waals surface area contributed by atoms with E-state index in [2.05, 4.69) is 0 Å². The summed E-state index contributed by atoms with van der Waals surface area (Å²) in [6, 6.07) is 5.20. The monoisotopic (exact) mass is 200 g/mol. The quantitative estimate of drug-likeness (QED) is 0.417. The fourth-order valence-corrected chi connectivity index (χ4v) is 1.02. The molecule has 0 fully saturated rings. The zero-order valence-electron chi connectivity index (χ0n) is 5.40. The first-order valence-electron chi connectivity index (χ1n) is 2.33. The van der Waals surface area contributed by atoms with E-state index in [4.69, 9.17) is 35.8 Å². The van der Waals surface area contributed by atoms with Gasteiger partial charge < -0.3 is 12.6 Å². The van der Waals surface area contributed by atoms with E-state index < -0.39 is 0 Å². The van der Waals surface area contributed by atoms with Crippen LogP contribution in [0.25, 0.3) is 0 Å². The Morgan fingerprint density at radius 3 is 1.80 bits per heavy atom. The van der Waals surface area contributed by atoms with Gasteiger partial charge in [-0.1, -0.05) is 29.3 Å². The predicted octanol–water partition coefficient (Wildman–Crippen LogP) is -0.0968. The predicted molar refractivity (Wildman–Crippen MR) is 42.1 cm³/mol. The van der Waals surface area contributed by atoms with Crippen LogP contribution in [0.5, 0.6) is 0 Å². The van der Waals surface area contributed by atoms with Crippen molar-refractivity contribution < 1.29 is 29.6 Å². The van der Waals surface area contributed by atoms with Crippen LogP contribution in [0.3, 0.4) is 0 Å². The smallest absolute Gasteiger partial charge is 0.777 e. The molecule has 4 heteroatoms. The minimum Gasteiger partial charge on any atom is -0.777 e. The molecular weight excluding hydrogens is 198 g/mol. The molecule has 0 spiro atoms. The number of halogens is 2. The van der Waals surface area contributed by atoms with Gasteiger partial charge in [-0.25, -0.2) is 0 Å². The van der Waals surface area contributed by atoms with Crippen molar-refractivity contribution in [2.45, 2.75) is 4.90 Å². The topological polar surface area (TPSA) is 0 Å². The third kappa shape index (κ3) is 2.57. The molecule has 0 aliphatic rings. The third-order valence-electron chi connectivity index (χ3n) is 0.919. The van der Waals surface area contributed by atoms with Crippen molar-refractivity contribution in [2.24, 2.45) is 0 Å². The average Bonchev–Trinajstić information content (AvgIpc) is 1.83. The Morgan fingerprint density at radius 2 is 1.50 bits per heavy atom. The van der Waals surface area contributed by atoms with E-state index in [9.17, 15) is 0 Å². The van der Waals surface area contributed by atoms with Crippen LogP contribution in [0.2, 0.25) is 10.0 Å². The van der Waals surface area contributed by atoms with Gasteiger partial charge in [0.2, 0.25) is 0 Å². The molecule has 0 N–H and O–H groups in total. The Hall–Kier alpha value is 1.02. The maximum Gasteiger partial charge on any atom is 1.00 e. The van der Waals surface area contributed by atoms with Gasteiger partial charge in [-0.2, -0.15) is 0 Å². The van der Waals surface area contributed by atoms with Crippen molar-refractivity contribution in [3.8, 4) is 0 Å². The summed E-state index contributed by atoms with van der Waals surface area (Å²) in [5, 5.41) is 1.08. The third-order valence-corrected chi connectivity index (χ3v) is 2.21. The van der Waals surface area contributed by atoms with Gasteiger partial charge in [-0.05, 0) is 12.1 Å². The molecule has 10 heavy (non-hydrogen) atoms. The summed E-state index contributed by atoms with van der Waals surface area (Å²) in [5.74, 6) is 0. The van der Waals surface area contributed by atoms with Crippen LogP contribution in [0.4, 0.5) is 0 Å². The van der Waals surface area contributed by atoms with Crippen molar-refractivity contribution in [2.75, 3.05) is 0 Å². The van der Waals surface area contributed by atoms with Crippen LogP contribution in [-0.4, -0.2) is 0 Å². The molecule has 0 radical (unpaired) electrons. The number of hydrogen-bond acceptors (Lipinski definition) is 1. The summed E-state index contributed by atoms with van der Waals surface area (Å²) in [5.41, 5.74) is 0. The summed E-state index contributed by atoms with van der Waals surface area (Å²) < 4.78 is 0. The van der Waals surface area contributed by atoms with E-state index in [0.29, 0.717) is 14.9 Å². The van der Waals surface area contributed by atoms with Gasteiger partial charge in [-0.15, -0.1) is 4.90 Å². The van der Waals surface area contributed by atoms with Gasteiger partial charge in [0, 0.05) is 10.0 Å². The zero-order valence-corrected chi connectivity index (χ0v) is 9.72. The van der Waals surface area contributed by atoms with Gasteiger partial charge in [-0.3, -0.25) is 0 Å². The molecule has 1 aromatic rings. The van der Waals surface area contributed by atoms with E-state index in [1.165, 1.54) is 0 Å². The van der Waals surface area contributed by atoms with Crippen LogP contribution >= 0.6 is 23.2 Å². The molecule has 0 aromatic heterocycles. The van der Waals surface area contributed by atoms with Crippen molar-refractivity contribution in [1.82, 2.24) is 0 Å². The van der Waals surface area contributed by atoms with Crippen molar-refractivity contribution in [3.63, 3.8) is 0 Å². The molecule has 0 aliphatic heterocycles. The summed E-state index contributed by atoms with van der Waals surface area (Å²) in [7, 11) is 0. The molecule has 0 aliphatic carbocycles. The molecule has 1 rings (SSSR count). The van der Waals surface area contributed by atoms with Crippen molar-refractivity contribution in [3.05, 3.63) is 28.2 Å². The first-order valence-corrected chi connectivity index (χ1v) is 3.49. The van der Waals surface area contributed by atoms with Crippen LogP contribution in [-0.2, 0) is 12.6 Å². The van der Waals surface area contributed by atoms with E-state index in [0.717, 1.165) is 0 Å². The summed E-state index contributed by atoms with van der Waals surface area (Å²) in [4.78, 5) is 0.529. The van der Waals surface area contributed by atoms with E-state index >= 15 is 0 Å². The van der Waals surface area contributed by atoms with E-state index in [-0.39, 0.29) is 29.6 Å². The molecule has 1 aromatic carbocycles. The molecule has 0 unspecified atom stereocenters. The minimum atomic E-state index is 0. The fraction of sp³-hybridized carbons (Fsp3) is 0. The molecule has 0 amide bonds. The van der Waals surface area contributed by atoms with Crippen molar-refractivity contribution in [1.29, 1.82) is 0 Å². The molecule has 0 nitrogen and oxygen atoms in total. The number of hydrogen-bond donors (Lipinski definition) is 0. The molecule has 0 saturated carbocycles. The normalized spacial score (nSPS) is 8.60. The van der Waals surface area contributed by atoms with Crippen molar-refractivity contribution >= 4 is 35.8 Å². The second-order valence-electron chi connectivity index (χ2n) is 1.55. The van der Waals surface area contributed by atoms with Gasteiger partial charge in [0.25, 0.3) is 0 Å². The summed E-state index contributed by atoms with van der Waals surface area (Å²) in [6.45, 7) is 0. The molecule has 0 heterocycles. The van der Waals surface area contributed by atoms with Gasteiger partial charge >= 0.3 is 29.6 Å². The second-order valence-corrected chi connectivity index (χ2v) is 2.77. The number of benzene rings is 1. The van der Waals surface area contributed by atoms with Crippen LogP contribution in [0, 0.1) is 0 Å². The largest absolute Gasteiger partial charge is 1.00 e. The molecule has 0 atom stereocenters. The Morgan fingerprint density at radius 1 is 1.10 bits per heavy atom. The Bertz CT molecular complexity index is 207. The molecule has 0 bridgehead atoms. The Labute approximate surface area is 97.6 Å². The molecule has 0 saturated heterocycles. The van der Waals surface area contributed by atoms with Gasteiger partial charge in [0.05, 0.1) is 0 Å². The Kier molecular flexibility index (Phi) is 5.30. The van der Waals surface area contributed by atoms with E-state index in [1.54, 1.807) is 18.2 Å². The van der Waals surface area contributed by atoms with Gasteiger partial charge in [0.1, 0.15) is 0 Å². The van der Waals surface area contributed by atoms with Crippen LogP contribution < -0.4 is 29.6 Å². The van der Waals surface area contributed by atoms with Crippen LogP contribution in [0.15, 0.2) is 23.1 Å². The first-order chi connectivity index (χ1) is 4.22. The Balaban J connectivity index is 0.000000810. The fourth-order valence-electron chi connectivity index (χ4n) is 0.483. The number of rotatable bonds is 0. The molecule has 48 valence electrons. The average molecular weight is 201 g/mol. The van der Waals surface area contributed by atoms with Crippen LogP contribution in [0.1, 0.15) is 0 Å². The SMILES string of the molecule is [Na+].[S-]c1c(Cl)cccc1Cl. The standard InChI is InChI=1S/C6H4Cl2S.Na/c7-4-2-1-3-5(8)6(4)9;/h1-3,9H;/q;+1/p-1. The summed E-state index contributed by atoms with van der Waals surface area (Å²) in [6.07, 6.45) is 0. The minimum absolute atomic E-state index is 0.